The summed E-state index contributed by atoms with van der Waals surface area (Å²) in [6, 6.07) is 0. The number of rotatable bonds is 8. The molecule has 70 valence electrons. The van der Waals surface area contributed by atoms with Crippen LogP contribution < -0.4 is 0 Å². The molecule has 12 heavy (non-hydrogen) atoms. The van der Waals surface area contributed by atoms with Gasteiger partial charge >= 0.3 is 0 Å². The van der Waals surface area contributed by atoms with E-state index in [9.17, 15) is 0 Å². The summed E-state index contributed by atoms with van der Waals surface area (Å²) >= 11 is 2.08. The first kappa shape index (κ1) is 11.9. The van der Waals surface area contributed by atoms with E-state index >= 15 is 0 Å². The fourth-order valence-electron chi connectivity index (χ4n) is 0.987. The molecule has 0 bridgehead atoms. The summed E-state index contributed by atoms with van der Waals surface area (Å²) in [5.41, 5.74) is 0. The Morgan fingerprint density at radius 2 is 1.75 bits per heavy atom. The fraction of sp³-hybridized carbons (Fsp3) is 0.818. The third-order valence-electron chi connectivity index (χ3n) is 1.75. The van der Waals surface area contributed by atoms with E-state index in [0.29, 0.717) is 0 Å². The molecule has 0 N–H and O–H groups in total. The lowest BCUT2D eigenvalue weighted by molar-refractivity contribution is 0.776. The van der Waals surface area contributed by atoms with E-state index in [2.05, 4.69) is 24.6 Å². The van der Waals surface area contributed by atoms with Gasteiger partial charge in [0.15, 0.2) is 0 Å². The Morgan fingerprint density at radius 3 is 2.33 bits per heavy atom. The highest BCUT2D eigenvalue weighted by Gasteiger charge is 1.89. The fourth-order valence-corrected chi connectivity index (χ4v) is 2.01. The minimum Gasteiger partial charge on any atom is -0.162 e. The van der Waals surface area contributed by atoms with Gasteiger partial charge in [0, 0.05) is 6.42 Å². The van der Waals surface area contributed by atoms with Crippen LogP contribution in [0, 0.1) is 12.3 Å². The van der Waals surface area contributed by atoms with Gasteiger partial charge < -0.3 is 0 Å². The quantitative estimate of drug-likeness (QED) is 0.409. The molecule has 0 saturated heterocycles. The van der Waals surface area contributed by atoms with Crippen molar-refractivity contribution in [1.29, 1.82) is 0 Å². The molecule has 0 fully saturated rings. The van der Waals surface area contributed by atoms with Crippen LogP contribution in [0.3, 0.4) is 0 Å². The van der Waals surface area contributed by atoms with Crippen molar-refractivity contribution < 1.29 is 0 Å². The molecule has 0 aliphatic rings. The van der Waals surface area contributed by atoms with E-state index < -0.39 is 0 Å². The van der Waals surface area contributed by atoms with Crippen LogP contribution in [-0.2, 0) is 0 Å². The molecular formula is C11H20S. The van der Waals surface area contributed by atoms with E-state index in [4.69, 9.17) is 6.42 Å². The SMILES string of the molecule is C#CCCCCSCCCCC. The number of unbranched alkanes of at least 4 members (excludes halogenated alkanes) is 4. The average Bonchev–Trinajstić information content (AvgIpc) is 2.10. The second-order valence-corrected chi connectivity index (χ2v) is 4.21. The summed E-state index contributed by atoms with van der Waals surface area (Å²) < 4.78 is 0. The molecule has 0 rings (SSSR count). The van der Waals surface area contributed by atoms with Gasteiger partial charge in [-0.1, -0.05) is 19.8 Å². The van der Waals surface area contributed by atoms with Crippen molar-refractivity contribution in [3.63, 3.8) is 0 Å². The summed E-state index contributed by atoms with van der Waals surface area (Å²) in [5, 5.41) is 0. The highest BCUT2D eigenvalue weighted by Crippen LogP contribution is 2.09. The van der Waals surface area contributed by atoms with Crippen LogP contribution in [0.25, 0.3) is 0 Å². The maximum Gasteiger partial charge on any atom is 0.00863 e. The normalized spacial score (nSPS) is 9.67. The summed E-state index contributed by atoms with van der Waals surface area (Å²) in [4.78, 5) is 0. The molecule has 0 heterocycles. The Balaban J connectivity index is 2.78. The first-order valence-electron chi connectivity index (χ1n) is 4.93. The largest absolute Gasteiger partial charge is 0.162 e. The summed E-state index contributed by atoms with van der Waals surface area (Å²) in [7, 11) is 0. The first-order valence-corrected chi connectivity index (χ1v) is 6.08. The minimum atomic E-state index is 0.954. The third kappa shape index (κ3) is 9.91. The van der Waals surface area contributed by atoms with Crippen LogP contribution in [0.4, 0.5) is 0 Å². The number of terminal acetylenes is 1. The van der Waals surface area contributed by atoms with Gasteiger partial charge in [-0.05, 0) is 30.8 Å². The molecule has 0 spiro atoms. The van der Waals surface area contributed by atoms with Crippen molar-refractivity contribution in [3.8, 4) is 12.3 Å². The van der Waals surface area contributed by atoms with Gasteiger partial charge in [0.05, 0.1) is 0 Å². The van der Waals surface area contributed by atoms with Crippen LogP contribution in [0.5, 0.6) is 0 Å². The molecule has 0 aromatic rings. The zero-order valence-corrected chi connectivity index (χ0v) is 8.96. The average molecular weight is 184 g/mol. The van der Waals surface area contributed by atoms with Gasteiger partial charge in [0.2, 0.25) is 0 Å². The van der Waals surface area contributed by atoms with Crippen molar-refractivity contribution >= 4 is 11.8 Å². The minimum absolute atomic E-state index is 0.954. The third-order valence-corrected chi connectivity index (χ3v) is 2.91. The molecule has 0 aliphatic heterocycles. The van der Waals surface area contributed by atoms with Gasteiger partial charge in [0.1, 0.15) is 0 Å². The summed E-state index contributed by atoms with van der Waals surface area (Å²) in [6.45, 7) is 2.25. The molecule has 0 nitrogen and oxygen atoms in total. The molecule has 0 aromatic carbocycles. The van der Waals surface area contributed by atoms with Crippen molar-refractivity contribution in [3.05, 3.63) is 0 Å². The van der Waals surface area contributed by atoms with E-state index in [1.807, 2.05) is 0 Å². The number of hydrogen-bond donors (Lipinski definition) is 0. The predicted molar refractivity (Wildman–Crippen MR) is 59.5 cm³/mol. The zero-order chi connectivity index (χ0) is 9.07. The van der Waals surface area contributed by atoms with Crippen molar-refractivity contribution in [2.45, 2.75) is 45.4 Å². The lowest BCUT2D eigenvalue weighted by Crippen LogP contribution is -1.84. The van der Waals surface area contributed by atoms with Crippen LogP contribution in [0.15, 0.2) is 0 Å². The van der Waals surface area contributed by atoms with Crippen molar-refractivity contribution in [1.82, 2.24) is 0 Å². The van der Waals surface area contributed by atoms with Crippen LogP contribution in [0.2, 0.25) is 0 Å². The molecule has 1 heteroatoms. The Labute approximate surface area is 81.5 Å². The summed E-state index contributed by atoms with van der Waals surface area (Å²) in [5.74, 6) is 5.30. The first-order chi connectivity index (χ1) is 5.91. The number of hydrogen-bond acceptors (Lipinski definition) is 1. The zero-order valence-electron chi connectivity index (χ0n) is 8.14. The van der Waals surface area contributed by atoms with Gasteiger partial charge in [-0.2, -0.15) is 11.8 Å². The Hall–Kier alpha value is -0.0900. The van der Waals surface area contributed by atoms with Gasteiger partial charge in [-0.15, -0.1) is 12.3 Å². The van der Waals surface area contributed by atoms with E-state index in [-0.39, 0.29) is 0 Å². The molecule has 0 unspecified atom stereocenters. The van der Waals surface area contributed by atoms with Crippen molar-refractivity contribution in [2.24, 2.45) is 0 Å². The van der Waals surface area contributed by atoms with Gasteiger partial charge in [-0.3, -0.25) is 0 Å². The van der Waals surface area contributed by atoms with Gasteiger partial charge in [0.25, 0.3) is 0 Å². The van der Waals surface area contributed by atoms with Crippen LogP contribution >= 0.6 is 11.8 Å². The summed E-state index contributed by atoms with van der Waals surface area (Å²) in [6.07, 6.45) is 12.7. The molecule has 0 aliphatic carbocycles. The van der Waals surface area contributed by atoms with E-state index in [1.165, 1.54) is 43.6 Å². The Kier molecular flexibility index (Phi) is 10.8. The van der Waals surface area contributed by atoms with Crippen LogP contribution in [0.1, 0.15) is 45.4 Å². The van der Waals surface area contributed by atoms with Crippen molar-refractivity contribution in [2.75, 3.05) is 11.5 Å². The maximum atomic E-state index is 5.15. The van der Waals surface area contributed by atoms with E-state index in [1.54, 1.807) is 0 Å². The molecule has 0 radical (unpaired) electrons. The molecular weight excluding hydrogens is 164 g/mol. The predicted octanol–water partition coefficient (Wildman–Crippen LogP) is 3.71. The second-order valence-electron chi connectivity index (χ2n) is 2.98. The molecule has 0 amide bonds. The molecule has 0 atom stereocenters. The van der Waals surface area contributed by atoms with E-state index in [0.717, 1.165) is 6.42 Å². The highest BCUT2D eigenvalue weighted by atomic mass is 32.2. The lowest BCUT2D eigenvalue weighted by atomic mass is 10.3. The topological polar surface area (TPSA) is 0 Å². The highest BCUT2D eigenvalue weighted by molar-refractivity contribution is 7.99. The molecule has 0 saturated carbocycles. The van der Waals surface area contributed by atoms with Gasteiger partial charge in [-0.25, -0.2) is 0 Å². The smallest absolute Gasteiger partial charge is 0.00863 e. The standard InChI is InChI=1S/C11H20S/c1-3-5-7-9-11-12-10-8-6-4-2/h1H,4-11H2,2H3. The van der Waals surface area contributed by atoms with Crippen LogP contribution in [-0.4, -0.2) is 11.5 Å². The Bertz CT molecular complexity index is 113. The lowest BCUT2D eigenvalue weighted by Gasteiger charge is -1.99. The number of thioether (sulfide) groups is 1. The molecule has 0 aromatic heterocycles. The maximum absolute atomic E-state index is 5.15. The Morgan fingerprint density at radius 1 is 1.08 bits per heavy atom. The second kappa shape index (κ2) is 10.9. The monoisotopic (exact) mass is 184 g/mol.